The smallest absolute Gasteiger partial charge is 0.134 e. The zero-order chi connectivity index (χ0) is 16.5. The fraction of sp³-hybridized carbons (Fsp3) is 0.211. The summed E-state index contributed by atoms with van der Waals surface area (Å²) < 4.78 is 0. The molecule has 3 heteroatoms. The van der Waals surface area contributed by atoms with Crippen LogP contribution in [-0.4, -0.2) is 16.0 Å². The van der Waals surface area contributed by atoms with Crippen LogP contribution in [0.3, 0.4) is 0 Å². The fourth-order valence-electron chi connectivity index (χ4n) is 1.94. The largest absolute Gasteiger partial charge is 0.508 e. The summed E-state index contributed by atoms with van der Waals surface area (Å²) in [4.78, 5) is 11.0. The number of Topliss-reactive ketones (excluding diaryl/α,β-unsaturated/α-hetero) is 1. The zero-order valence-corrected chi connectivity index (χ0v) is 13.2. The van der Waals surface area contributed by atoms with E-state index in [9.17, 15) is 15.0 Å². The minimum absolute atomic E-state index is 0.0291. The van der Waals surface area contributed by atoms with E-state index in [0.29, 0.717) is 6.42 Å². The number of hydrogen-bond donors (Lipinski definition) is 2. The van der Waals surface area contributed by atoms with Crippen molar-refractivity contribution in [1.82, 2.24) is 0 Å². The van der Waals surface area contributed by atoms with Crippen LogP contribution in [-0.2, 0) is 11.2 Å². The van der Waals surface area contributed by atoms with Gasteiger partial charge >= 0.3 is 0 Å². The van der Waals surface area contributed by atoms with Crippen LogP contribution in [0.4, 0.5) is 0 Å². The minimum Gasteiger partial charge on any atom is -0.508 e. The Hall–Kier alpha value is -2.55. The second-order valence-electron chi connectivity index (χ2n) is 4.74. The van der Waals surface area contributed by atoms with Gasteiger partial charge < -0.3 is 10.2 Å². The molecule has 22 heavy (non-hydrogen) atoms. The Morgan fingerprint density at radius 2 is 1.41 bits per heavy atom. The maximum absolute atomic E-state index is 11.0. The SMILES string of the molecule is CC.CC(=O)Cc1ccc(/C=C/c2cc(O)cc(O)c2)cc1. The van der Waals surface area contributed by atoms with Crippen molar-refractivity contribution in [1.29, 1.82) is 0 Å². The summed E-state index contributed by atoms with van der Waals surface area (Å²) in [5, 5.41) is 18.8. The molecule has 3 nitrogen and oxygen atoms in total. The van der Waals surface area contributed by atoms with Crippen LogP contribution in [0, 0.1) is 0 Å². The van der Waals surface area contributed by atoms with Gasteiger partial charge in [-0.05, 0) is 35.7 Å². The zero-order valence-electron chi connectivity index (χ0n) is 13.2. The molecule has 2 rings (SSSR count). The Labute approximate surface area is 131 Å². The lowest BCUT2D eigenvalue weighted by Gasteiger charge is -2.00. The molecule has 2 aromatic rings. The molecule has 2 aromatic carbocycles. The Balaban J connectivity index is 0.00000116. The summed E-state index contributed by atoms with van der Waals surface area (Å²) in [6.45, 7) is 5.57. The number of carbonyl (C=O) groups excluding carboxylic acids is 1. The number of aromatic hydroxyl groups is 2. The summed E-state index contributed by atoms with van der Waals surface area (Å²) in [5.74, 6) is 0.200. The molecule has 2 N–H and O–H groups in total. The molecule has 0 bridgehead atoms. The standard InChI is InChI=1S/C17H16O3.C2H6/c1-12(18)8-14-5-2-13(3-6-14)4-7-15-9-16(19)11-17(20)10-15;1-2/h2-7,9-11,19-20H,8H2,1H3;1-2H3/b7-4+;. The Bertz CT molecular complexity index is 620. The molecule has 0 saturated carbocycles. The van der Waals surface area contributed by atoms with E-state index >= 15 is 0 Å². The lowest BCUT2D eigenvalue weighted by molar-refractivity contribution is -0.116. The quantitative estimate of drug-likeness (QED) is 0.821. The topological polar surface area (TPSA) is 57.5 Å². The summed E-state index contributed by atoms with van der Waals surface area (Å²) in [6, 6.07) is 12.1. The maximum Gasteiger partial charge on any atom is 0.134 e. The first-order valence-electron chi connectivity index (χ1n) is 7.32. The third kappa shape index (κ3) is 5.83. The van der Waals surface area contributed by atoms with Crippen molar-refractivity contribution < 1.29 is 15.0 Å². The maximum atomic E-state index is 11.0. The third-order valence-electron chi connectivity index (χ3n) is 2.83. The highest BCUT2D eigenvalue weighted by atomic mass is 16.3. The van der Waals surface area contributed by atoms with Gasteiger partial charge in [0.1, 0.15) is 17.3 Å². The molecule has 0 spiro atoms. The van der Waals surface area contributed by atoms with Crippen molar-refractivity contribution in [2.24, 2.45) is 0 Å². The van der Waals surface area contributed by atoms with Gasteiger partial charge in [0.25, 0.3) is 0 Å². The molecule has 0 aromatic heterocycles. The number of ketones is 1. The lowest BCUT2D eigenvalue weighted by Crippen LogP contribution is -1.95. The first-order chi connectivity index (χ1) is 10.5. The molecule has 0 amide bonds. The lowest BCUT2D eigenvalue weighted by atomic mass is 10.1. The van der Waals surface area contributed by atoms with Gasteiger partial charge in [-0.25, -0.2) is 0 Å². The first kappa shape index (κ1) is 17.5. The third-order valence-corrected chi connectivity index (χ3v) is 2.83. The molecule has 0 saturated heterocycles. The van der Waals surface area contributed by atoms with Crippen LogP contribution in [0.25, 0.3) is 12.2 Å². The van der Waals surface area contributed by atoms with Crippen molar-refractivity contribution in [2.75, 3.05) is 0 Å². The van der Waals surface area contributed by atoms with E-state index < -0.39 is 0 Å². The highest BCUT2D eigenvalue weighted by Gasteiger charge is 1.98. The second kappa shape index (κ2) is 8.67. The average Bonchev–Trinajstić information content (AvgIpc) is 2.47. The van der Waals surface area contributed by atoms with Crippen LogP contribution in [0.15, 0.2) is 42.5 Å². The number of hydrogen-bond acceptors (Lipinski definition) is 3. The van der Waals surface area contributed by atoms with E-state index in [0.717, 1.165) is 16.7 Å². The molecular formula is C19H22O3. The van der Waals surface area contributed by atoms with E-state index in [4.69, 9.17) is 0 Å². The molecule has 0 aliphatic carbocycles. The van der Waals surface area contributed by atoms with E-state index in [2.05, 4.69) is 0 Å². The molecule has 0 aliphatic heterocycles. The van der Waals surface area contributed by atoms with Gasteiger partial charge in [-0.3, -0.25) is 4.79 Å². The van der Waals surface area contributed by atoms with Gasteiger partial charge in [0, 0.05) is 12.5 Å². The predicted molar refractivity (Wildman–Crippen MR) is 90.9 cm³/mol. The Morgan fingerprint density at radius 3 is 1.91 bits per heavy atom. The highest BCUT2D eigenvalue weighted by Crippen LogP contribution is 2.22. The van der Waals surface area contributed by atoms with Gasteiger partial charge in [0.2, 0.25) is 0 Å². The molecular weight excluding hydrogens is 276 g/mol. The van der Waals surface area contributed by atoms with Gasteiger partial charge in [-0.15, -0.1) is 0 Å². The van der Waals surface area contributed by atoms with Crippen molar-refractivity contribution >= 4 is 17.9 Å². The van der Waals surface area contributed by atoms with E-state index in [1.807, 2.05) is 44.2 Å². The van der Waals surface area contributed by atoms with Crippen LogP contribution in [0.1, 0.15) is 37.5 Å². The van der Waals surface area contributed by atoms with Gasteiger partial charge in [0.05, 0.1) is 0 Å². The normalized spacial score (nSPS) is 10.1. The van der Waals surface area contributed by atoms with E-state index in [1.165, 1.54) is 6.07 Å². The predicted octanol–water partition coefficient (Wildman–Crippen LogP) is 4.43. The average molecular weight is 298 g/mol. The second-order valence-corrected chi connectivity index (χ2v) is 4.74. The number of phenolic OH excluding ortho intramolecular Hbond substituents is 2. The van der Waals surface area contributed by atoms with E-state index in [1.54, 1.807) is 25.1 Å². The molecule has 0 atom stereocenters. The summed E-state index contributed by atoms with van der Waals surface area (Å²) in [6.07, 6.45) is 4.13. The number of rotatable bonds is 4. The fourth-order valence-corrected chi connectivity index (χ4v) is 1.94. The number of phenols is 2. The Morgan fingerprint density at radius 1 is 0.909 bits per heavy atom. The Kier molecular flexibility index (Phi) is 6.90. The molecule has 0 fully saturated rings. The van der Waals surface area contributed by atoms with Crippen LogP contribution >= 0.6 is 0 Å². The summed E-state index contributed by atoms with van der Waals surface area (Å²) in [5.41, 5.74) is 2.69. The van der Waals surface area contributed by atoms with Gasteiger partial charge in [0.15, 0.2) is 0 Å². The molecule has 0 aliphatic rings. The van der Waals surface area contributed by atoms with E-state index in [-0.39, 0.29) is 17.3 Å². The van der Waals surface area contributed by atoms with Crippen molar-refractivity contribution in [3.05, 3.63) is 59.2 Å². The molecule has 0 unspecified atom stereocenters. The van der Waals surface area contributed by atoms with Crippen LogP contribution in [0.5, 0.6) is 11.5 Å². The number of carbonyl (C=O) groups is 1. The molecule has 0 radical (unpaired) electrons. The van der Waals surface area contributed by atoms with Crippen molar-refractivity contribution in [3.63, 3.8) is 0 Å². The highest BCUT2D eigenvalue weighted by molar-refractivity contribution is 5.78. The summed E-state index contributed by atoms with van der Waals surface area (Å²) in [7, 11) is 0. The van der Waals surface area contributed by atoms with Crippen LogP contribution in [0.2, 0.25) is 0 Å². The van der Waals surface area contributed by atoms with Crippen LogP contribution < -0.4 is 0 Å². The van der Waals surface area contributed by atoms with Gasteiger partial charge in [-0.1, -0.05) is 50.3 Å². The summed E-state index contributed by atoms with van der Waals surface area (Å²) >= 11 is 0. The van der Waals surface area contributed by atoms with Crippen molar-refractivity contribution in [2.45, 2.75) is 27.2 Å². The molecule has 116 valence electrons. The van der Waals surface area contributed by atoms with Crippen molar-refractivity contribution in [3.8, 4) is 11.5 Å². The number of benzene rings is 2. The minimum atomic E-state index is 0.0291. The first-order valence-corrected chi connectivity index (χ1v) is 7.32. The monoisotopic (exact) mass is 298 g/mol. The molecule has 0 heterocycles. The van der Waals surface area contributed by atoms with Gasteiger partial charge in [-0.2, -0.15) is 0 Å².